The van der Waals surface area contributed by atoms with Gasteiger partial charge < -0.3 is 24.2 Å². The Labute approximate surface area is 208 Å². The highest BCUT2D eigenvalue weighted by atomic mass is 32.1. The highest BCUT2D eigenvalue weighted by molar-refractivity contribution is 7.10. The molecular formula is C27H27NO6S. The summed E-state index contributed by atoms with van der Waals surface area (Å²) in [4.78, 5) is 28.5. The molecule has 0 radical (unpaired) electrons. The van der Waals surface area contributed by atoms with Gasteiger partial charge in [-0.1, -0.05) is 6.07 Å². The number of amides is 1. The Kier molecular flexibility index (Phi) is 7.12. The first kappa shape index (κ1) is 24.3. The van der Waals surface area contributed by atoms with Crippen LogP contribution in [0, 0.1) is 13.8 Å². The predicted molar refractivity (Wildman–Crippen MR) is 134 cm³/mol. The van der Waals surface area contributed by atoms with Crippen LogP contribution < -0.4 is 14.2 Å². The van der Waals surface area contributed by atoms with Gasteiger partial charge in [-0.15, -0.1) is 11.3 Å². The lowest BCUT2D eigenvalue weighted by molar-refractivity contribution is -0.140. The minimum Gasteiger partial charge on any atom is -0.507 e. The Hall–Kier alpha value is -3.78. The maximum Gasteiger partial charge on any atom is 0.295 e. The van der Waals surface area contributed by atoms with E-state index in [4.69, 9.17) is 14.2 Å². The largest absolute Gasteiger partial charge is 0.507 e. The number of ether oxygens (including phenoxy) is 3. The molecule has 7 nitrogen and oxygen atoms in total. The minimum atomic E-state index is -0.710. The number of carbonyl (C=O) groups excluding carboxylic acids is 2. The van der Waals surface area contributed by atoms with Crippen LogP contribution in [0.15, 0.2) is 59.5 Å². The fourth-order valence-corrected chi connectivity index (χ4v) is 5.04. The van der Waals surface area contributed by atoms with Crippen molar-refractivity contribution in [3.8, 4) is 17.2 Å². The normalized spacial score (nSPS) is 17.0. The van der Waals surface area contributed by atoms with Gasteiger partial charge in [0.2, 0.25) is 0 Å². The Morgan fingerprint density at radius 1 is 1.00 bits per heavy atom. The SMILES string of the molecule is COc1ccc(OCCN2C(=O)C(=O)/C(=C(\O)c3cc(C)c(OC)cc3C)C2c2cccs2)cc1. The number of methoxy groups -OCH3 is 2. The molecule has 2 heterocycles. The number of hydrogen-bond donors (Lipinski definition) is 1. The third kappa shape index (κ3) is 4.74. The molecule has 1 unspecified atom stereocenters. The molecule has 2 aromatic carbocycles. The van der Waals surface area contributed by atoms with Gasteiger partial charge in [0.25, 0.3) is 11.7 Å². The molecule has 1 N–H and O–H groups in total. The maximum absolute atomic E-state index is 13.2. The monoisotopic (exact) mass is 493 g/mol. The zero-order valence-corrected chi connectivity index (χ0v) is 20.8. The molecular weight excluding hydrogens is 466 g/mol. The maximum atomic E-state index is 13.2. The molecule has 0 saturated carbocycles. The summed E-state index contributed by atoms with van der Waals surface area (Å²) in [5.74, 6) is 0.460. The van der Waals surface area contributed by atoms with E-state index in [1.165, 1.54) is 16.2 Å². The third-order valence-electron chi connectivity index (χ3n) is 6.01. The minimum absolute atomic E-state index is 0.0783. The Morgan fingerprint density at radius 3 is 2.34 bits per heavy atom. The standard InChI is InChI=1S/C27H27NO6S/c1-16-15-21(33-4)17(2)14-20(16)25(29)23-24(22-6-5-13-35-22)28(27(31)26(23)30)11-12-34-19-9-7-18(32-3)8-10-19/h5-10,13-15,24,29H,11-12H2,1-4H3/b25-23-. The second-order valence-electron chi connectivity index (χ2n) is 8.17. The second-order valence-corrected chi connectivity index (χ2v) is 9.15. The third-order valence-corrected chi connectivity index (χ3v) is 6.93. The van der Waals surface area contributed by atoms with E-state index in [2.05, 4.69) is 0 Å². The zero-order valence-electron chi connectivity index (χ0n) is 20.0. The van der Waals surface area contributed by atoms with E-state index in [0.717, 1.165) is 16.0 Å². The molecule has 1 fully saturated rings. The van der Waals surface area contributed by atoms with Gasteiger partial charge in [-0.3, -0.25) is 9.59 Å². The van der Waals surface area contributed by atoms with Crippen LogP contribution in [0.2, 0.25) is 0 Å². The number of carbonyl (C=O) groups is 2. The van der Waals surface area contributed by atoms with E-state index < -0.39 is 17.7 Å². The van der Waals surface area contributed by atoms with Crippen molar-refractivity contribution in [3.05, 3.63) is 81.1 Å². The summed E-state index contributed by atoms with van der Waals surface area (Å²) in [6.45, 7) is 4.05. The number of aryl methyl sites for hydroxylation is 2. The average molecular weight is 494 g/mol. The van der Waals surface area contributed by atoms with Crippen molar-refractivity contribution in [2.75, 3.05) is 27.4 Å². The van der Waals surface area contributed by atoms with Gasteiger partial charge in [0.05, 0.1) is 32.4 Å². The van der Waals surface area contributed by atoms with Crippen molar-refractivity contribution in [1.82, 2.24) is 4.90 Å². The van der Waals surface area contributed by atoms with Crippen LogP contribution in [0.1, 0.15) is 27.6 Å². The average Bonchev–Trinajstić information content (AvgIpc) is 3.48. The summed E-state index contributed by atoms with van der Waals surface area (Å²) in [5, 5.41) is 13.2. The number of hydrogen-bond acceptors (Lipinski definition) is 7. The molecule has 1 aromatic heterocycles. The lowest BCUT2D eigenvalue weighted by Gasteiger charge is -2.24. The highest BCUT2D eigenvalue weighted by Gasteiger charge is 2.46. The molecule has 0 spiro atoms. The molecule has 1 aliphatic heterocycles. The van der Waals surface area contributed by atoms with Crippen LogP contribution in [0.3, 0.4) is 0 Å². The van der Waals surface area contributed by atoms with Gasteiger partial charge in [-0.25, -0.2) is 0 Å². The highest BCUT2D eigenvalue weighted by Crippen LogP contribution is 2.42. The van der Waals surface area contributed by atoms with Crippen LogP contribution >= 0.6 is 11.3 Å². The topological polar surface area (TPSA) is 85.3 Å². The van der Waals surface area contributed by atoms with Gasteiger partial charge in [0, 0.05) is 10.4 Å². The number of benzene rings is 2. The second kappa shape index (κ2) is 10.2. The van der Waals surface area contributed by atoms with Gasteiger partial charge in [-0.2, -0.15) is 0 Å². The summed E-state index contributed by atoms with van der Waals surface area (Å²) >= 11 is 1.43. The quantitative estimate of drug-likeness (QED) is 0.273. The molecule has 182 valence electrons. The fourth-order valence-electron chi connectivity index (χ4n) is 4.20. The van der Waals surface area contributed by atoms with Crippen molar-refractivity contribution >= 4 is 28.8 Å². The van der Waals surface area contributed by atoms with Gasteiger partial charge in [0.1, 0.15) is 29.6 Å². The summed E-state index contributed by atoms with van der Waals surface area (Å²) in [6, 6.07) is 13.7. The van der Waals surface area contributed by atoms with E-state index in [9.17, 15) is 14.7 Å². The summed E-state index contributed by atoms with van der Waals surface area (Å²) in [5.41, 5.74) is 2.13. The number of likely N-dealkylation sites (tertiary alicyclic amines) is 1. The first-order valence-corrected chi connectivity index (χ1v) is 12.0. The lowest BCUT2D eigenvalue weighted by Crippen LogP contribution is -2.33. The summed E-state index contributed by atoms with van der Waals surface area (Å²) in [7, 11) is 3.17. The fraction of sp³-hybridized carbons (Fsp3) is 0.259. The molecule has 1 atom stereocenters. The smallest absolute Gasteiger partial charge is 0.295 e. The molecule has 0 bridgehead atoms. The molecule has 1 amide bonds. The van der Waals surface area contributed by atoms with E-state index in [-0.39, 0.29) is 24.5 Å². The first-order valence-electron chi connectivity index (χ1n) is 11.1. The van der Waals surface area contributed by atoms with Crippen molar-refractivity contribution in [2.24, 2.45) is 0 Å². The van der Waals surface area contributed by atoms with Crippen molar-refractivity contribution in [2.45, 2.75) is 19.9 Å². The van der Waals surface area contributed by atoms with Gasteiger partial charge in [-0.05, 0) is 72.8 Å². The lowest BCUT2D eigenvalue weighted by atomic mass is 9.96. The molecule has 4 rings (SSSR count). The number of nitrogens with zero attached hydrogens (tertiary/aromatic N) is 1. The Balaban J connectivity index is 1.67. The van der Waals surface area contributed by atoms with Gasteiger partial charge >= 0.3 is 0 Å². The Bertz CT molecular complexity index is 1260. The molecule has 1 saturated heterocycles. The zero-order chi connectivity index (χ0) is 25.1. The van der Waals surface area contributed by atoms with E-state index in [1.807, 2.05) is 37.4 Å². The van der Waals surface area contributed by atoms with Crippen molar-refractivity contribution in [3.63, 3.8) is 0 Å². The van der Waals surface area contributed by atoms with E-state index in [1.54, 1.807) is 44.6 Å². The number of thiophene rings is 1. The molecule has 8 heteroatoms. The number of aliphatic hydroxyl groups excluding tert-OH is 1. The predicted octanol–water partition coefficient (Wildman–Crippen LogP) is 4.88. The number of ketones is 1. The number of Topliss-reactive ketones (excluding diaryl/α,β-unsaturated/α-hetero) is 1. The molecule has 35 heavy (non-hydrogen) atoms. The number of aliphatic hydroxyl groups is 1. The van der Waals surface area contributed by atoms with Crippen LogP contribution in [0.4, 0.5) is 0 Å². The molecule has 0 aliphatic carbocycles. The van der Waals surface area contributed by atoms with Crippen LogP contribution in [0.5, 0.6) is 17.2 Å². The first-order chi connectivity index (χ1) is 16.8. The number of rotatable bonds is 8. The molecule has 1 aliphatic rings. The van der Waals surface area contributed by atoms with Crippen molar-refractivity contribution < 1.29 is 28.9 Å². The molecule has 3 aromatic rings. The van der Waals surface area contributed by atoms with Crippen LogP contribution in [-0.2, 0) is 9.59 Å². The van der Waals surface area contributed by atoms with Crippen LogP contribution in [0.25, 0.3) is 5.76 Å². The van der Waals surface area contributed by atoms with E-state index in [0.29, 0.717) is 22.8 Å². The van der Waals surface area contributed by atoms with E-state index >= 15 is 0 Å². The Morgan fingerprint density at radius 2 is 1.71 bits per heavy atom. The van der Waals surface area contributed by atoms with Gasteiger partial charge in [0.15, 0.2) is 0 Å². The summed E-state index contributed by atoms with van der Waals surface area (Å²) in [6.07, 6.45) is 0. The van der Waals surface area contributed by atoms with Crippen LogP contribution in [-0.4, -0.2) is 49.1 Å². The summed E-state index contributed by atoms with van der Waals surface area (Å²) < 4.78 is 16.3. The van der Waals surface area contributed by atoms with Crippen molar-refractivity contribution in [1.29, 1.82) is 0 Å².